The Kier molecular flexibility index (Phi) is 3.44. The summed E-state index contributed by atoms with van der Waals surface area (Å²) >= 11 is 0. The molecular weight excluding hydrogens is 240 g/mol. The quantitative estimate of drug-likeness (QED) is 0.598. The molecule has 7 heteroatoms. The number of hydrogen-bond acceptors (Lipinski definition) is 6. The minimum absolute atomic E-state index is 0.0658. The number of aromatic nitrogens is 1. The first kappa shape index (κ1) is 12.7. The van der Waals surface area contributed by atoms with Crippen molar-refractivity contribution in [1.29, 1.82) is 0 Å². The van der Waals surface area contributed by atoms with Crippen molar-refractivity contribution in [3.63, 3.8) is 0 Å². The Morgan fingerprint density at radius 3 is 2.89 bits per heavy atom. The van der Waals surface area contributed by atoms with E-state index in [9.17, 15) is 10.1 Å². The van der Waals surface area contributed by atoms with E-state index in [0.29, 0.717) is 19.1 Å². The second-order valence-electron chi connectivity index (χ2n) is 4.37. The molecule has 1 saturated heterocycles. The number of nitro groups is 1. The molecule has 0 N–H and O–H groups in total. The highest BCUT2D eigenvalue weighted by Crippen LogP contribution is 2.23. The molecule has 1 unspecified atom stereocenters. The Morgan fingerprint density at radius 1 is 1.61 bits per heavy atom. The fourth-order valence-electron chi connectivity index (χ4n) is 1.59. The van der Waals surface area contributed by atoms with Gasteiger partial charge in [-0.25, -0.2) is 4.98 Å². The summed E-state index contributed by atoms with van der Waals surface area (Å²) in [6.07, 6.45) is 1.00. The molecule has 1 atom stereocenters. The third kappa shape index (κ3) is 3.14. The third-order valence-electron chi connectivity index (χ3n) is 2.42. The maximum absolute atomic E-state index is 10.4. The molecule has 0 spiro atoms. The van der Waals surface area contributed by atoms with Crippen LogP contribution in [0.4, 0.5) is 5.69 Å². The number of nitrogens with zero attached hydrogens (tertiary/aromatic N) is 2. The first-order chi connectivity index (χ1) is 8.46. The summed E-state index contributed by atoms with van der Waals surface area (Å²) in [4.78, 5) is 13.8. The lowest BCUT2D eigenvalue weighted by molar-refractivity contribution is -0.385. The smallest absolute Gasteiger partial charge is 0.287 e. The van der Waals surface area contributed by atoms with Crippen LogP contribution >= 0.6 is 0 Å². The van der Waals surface area contributed by atoms with E-state index in [1.165, 1.54) is 12.1 Å². The first-order valence-corrected chi connectivity index (χ1v) is 5.51. The first-order valence-electron chi connectivity index (χ1n) is 5.51. The zero-order chi connectivity index (χ0) is 13.2. The van der Waals surface area contributed by atoms with Gasteiger partial charge in [0, 0.05) is 12.1 Å². The summed E-state index contributed by atoms with van der Waals surface area (Å²) in [7, 11) is 0. The average Bonchev–Trinajstić information content (AvgIpc) is 2.67. The number of rotatable bonds is 4. The van der Waals surface area contributed by atoms with Crippen molar-refractivity contribution in [3.8, 4) is 5.88 Å². The summed E-state index contributed by atoms with van der Waals surface area (Å²) in [5, 5.41) is 10.4. The Morgan fingerprint density at radius 2 is 2.39 bits per heavy atom. The summed E-state index contributed by atoms with van der Waals surface area (Å²) in [5.41, 5.74) is -0.0658. The second-order valence-corrected chi connectivity index (χ2v) is 4.37. The molecule has 18 heavy (non-hydrogen) atoms. The van der Waals surface area contributed by atoms with Gasteiger partial charge in [0.05, 0.1) is 11.5 Å². The SMILES string of the molecule is CC1(C)OCC(COc2ccc([N+](=O)[O-])cn2)O1. The van der Waals surface area contributed by atoms with Crippen molar-refractivity contribution < 1.29 is 19.1 Å². The van der Waals surface area contributed by atoms with Crippen molar-refractivity contribution in [2.24, 2.45) is 0 Å². The summed E-state index contributed by atoms with van der Waals surface area (Å²) < 4.78 is 16.3. The number of ether oxygens (including phenoxy) is 3. The van der Waals surface area contributed by atoms with Gasteiger partial charge in [-0.15, -0.1) is 0 Å². The second kappa shape index (κ2) is 4.87. The number of pyridine rings is 1. The van der Waals surface area contributed by atoms with Crippen LogP contribution in [0.3, 0.4) is 0 Å². The van der Waals surface area contributed by atoms with Gasteiger partial charge < -0.3 is 14.2 Å². The minimum atomic E-state index is -0.586. The highest BCUT2D eigenvalue weighted by atomic mass is 16.7. The average molecular weight is 254 g/mol. The minimum Gasteiger partial charge on any atom is -0.475 e. The Labute approximate surface area is 104 Å². The lowest BCUT2D eigenvalue weighted by Gasteiger charge is -2.17. The van der Waals surface area contributed by atoms with Crippen LogP contribution in [0.15, 0.2) is 18.3 Å². The molecule has 0 aromatic carbocycles. The molecule has 7 nitrogen and oxygen atoms in total. The molecule has 0 saturated carbocycles. The van der Waals surface area contributed by atoms with Gasteiger partial charge in [0.15, 0.2) is 5.79 Å². The van der Waals surface area contributed by atoms with Crippen LogP contribution < -0.4 is 4.74 Å². The van der Waals surface area contributed by atoms with Crippen LogP contribution in [0, 0.1) is 10.1 Å². The molecular formula is C11H14N2O5. The van der Waals surface area contributed by atoms with E-state index in [1.54, 1.807) is 0 Å². The Balaban J connectivity index is 1.85. The zero-order valence-electron chi connectivity index (χ0n) is 10.2. The molecule has 1 aliphatic heterocycles. The molecule has 98 valence electrons. The van der Waals surface area contributed by atoms with Gasteiger partial charge in [0.1, 0.15) is 18.9 Å². The summed E-state index contributed by atoms with van der Waals surface area (Å²) in [6.45, 7) is 4.42. The van der Waals surface area contributed by atoms with Gasteiger partial charge in [-0.3, -0.25) is 10.1 Å². The van der Waals surface area contributed by atoms with E-state index < -0.39 is 10.7 Å². The van der Waals surface area contributed by atoms with Crippen molar-refractivity contribution in [2.75, 3.05) is 13.2 Å². The molecule has 2 heterocycles. The lowest BCUT2D eigenvalue weighted by atomic mass is 10.4. The van der Waals surface area contributed by atoms with Crippen LogP contribution in [0.1, 0.15) is 13.8 Å². The van der Waals surface area contributed by atoms with Gasteiger partial charge in [-0.2, -0.15) is 0 Å². The van der Waals surface area contributed by atoms with Gasteiger partial charge in [0.2, 0.25) is 5.88 Å². The van der Waals surface area contributed by atoms with E-state index in [0.717, 1.165) is 6.20 Å². The van der Waals surface area contributed by atoms with Gasteiger partial charge in [0.25, 0.3) is 5.69 Å². The zero-order valence-corrected chi connectivity index (χ0v) is 10.2. The predicted octanol–water partition coefficient (Wildman–Crippen LogP) is 1.52. The molecule has 1 fully saturated rings. The van der Waals surface area contributed by atoms with E-state index in [-0.39, 0.29) is 11.8 Å². The van der Waals surface area contributed by atoms with Crippen molar-refractivity contribution in [1.82, 2.24) is 4.98 Å². The van der Waals surface area contributed by atoms with E-state index >= 15 is 0 Å². The maximum Gasteiger partial charge on any atom is 0.287 e. The fourth-order valence-corrected chi connectivity index (χ4v) is 1.59. The van der Waals surface area contributed by atoms with Crippen LogP contribution in [0.25, 0.3) is 0 Å². The fraction of sp³-hybridized carbons (Fsp3) is 0.545. The van der Waals surface area contributed by atoms with Crippen LogP contribution in [0.2, 0.25) is 0 Å². The van der Waals surface area contributed by atoms with Gasteiger partial charge >= 0.3 is 0 Å². The monoisotopic (exact) mass is 254 g/mol. The highest BCUT2D eigenvalue weighted by Gasteiger charge is 2.33. The normalized spacial score (nSPS) is 21.8. The molecule has 2 rings (SSSR count). The van der Waals surface area contributed by atoms with Crippen molar-refractivity contribution in [3.05, 3.63) is 28.4 Å². The molecule has 1 aromatic heterocycles. The summed E-state index contributed by atoms with van der Waals surface area (Å²) in [6, 6.07) is 2.80. The van der Waals surface area contributed by atoms with Crippen molar-refractivity contribution >= 4 is 5.69 Å². The van der Waals surface area contributed by atoms with Crippen LogP contribution in [-0.2, 0) is 9.47 Å². The predicted molar refractivity (Wildman–Crippen MR) is 61.3 cm³/mol. The molecule has 0 aliphatic carbocycles. The van der Waals surface area contributed by atoms with Gasteiger partial charge in [-0.05, 0) is 13.8 Å². The lowest BCUT2D eigenvalue weighted by Crippen LogP contribution is -2.25. The van der Waals surface area contributed by atoms with E-state index in [2.05, 4.69) is 4.98 Å². The van der Waals surface area contributed by atoms with E-state index in [4.69, 9.17) is 14.2 Å². The van der Waals surface area contributed by atoms with Crippen LogP contribution in [-0.4, -0.2) is 35.0 Å². The molecule has 0 radical (unpaired) electrons. The Hall–Kier alpha value is -1.73. The van der Waals surface area contributed by atoms with E-state index in [1.807, 2.05) is 13.8 Å². The van der Waals surface area contributed by atoms with Gasteiger partial charge in [-0.1, -0.05) is 0 Å². The standard InChI is InChI=1S/C11H14N2O5/c1-11(2)17-7-9(18-11)6-16-10-4-3-8(5-12-10)13(14)15/h3-5,9H,6-7H2,1-2H3. The molecule has 0 bridgehead atoms. The molecule has 1 aliphatic rings. The topological polar surface area (TPSA) is 83.7 Å². The largest absolute Gasteiger partial charge is 0.475 e. The maximum atomic E-state index is 10.4. The highest BCUT2D eigenvalue weighted by molar-refractivity contribution is 5.28. The Bertz CT molecular complexity index is 432. The van der Waals surface area contributed by atoms with Crippen molar-refractivity contribution in [2.45, 2.75) is 25.7 Å². The summed E-state index contributed by atoms with van der Waals surface area (Å²) in [5.74, 6) is -0.259. The third-order valence-corrected chi connectivity index (χ3v) is 2.42. The molecule has 1 aromatic rings. The van der Waals surface area contributed by atoms with Crippen LogP contribution in [0.5, 0.6) is 5.88 Å². The molecule has 0 amide bonds. The number of hydrogen-bond donors (Lipinski definition) is 0.